The fourth-order valence-corrected chi connectivity index (χ4v) is 6.07. The molecule has 3 fully saturated rings. The van der Waals surface area contributed by atoms with Gasteiger partial charge in [-0.25, -0.2) is 9.78 Å². The molecule has 240 valence electrons. The Balaban J connectivity index is 1.24. The van der Waals surface area contributed by atoms with Crippen molar-refractivity contribution in [1.82, 2.24) is 24.7 Å². The van der Waals surface area contributed by atoms with Crippen LogP contribution in [0.4, 0.5) is 22.0 Å². The van der Waals surface area contributed by atoms with Crippen LogP contribution in [0.1, 0.15) is 62.3 Å². The smallest absolute Gasteiger partial charge is 0.410 e. The molecule has 0 bridgehead atoms. The Kier molecular flexibility index (Phi) is 9.50. The lowest BCUT2D eigenvalue weighted by molar-refractivity contribution is -0.0235. The molecule has 2 aromatic rings. The Morgan fingerprint density at radius 3 is 2.32 bits per heavy atom. The van der Waals surface area contributed by atoms with Crippen molar-refractivity contribution in [2.45, 2.75) is 71.6 Å². The lowest BCUT2D eigenvalue weighted by Crippen LogP contribution is -2.57. The highest BCUT2D eigenvalue weighted by Crippen LogP contribution is 2.31. The second-order valence-corrected chi connectivity index (χ2v) is 13.2. The minimum atomic E-state index is -0.669. The third kappa shape index (κ3) is 7.52. The first kappa shape index (κ1) is 31.8. The van der Waals surface area contributed by atoms with Gasteiger partial charge in [0.05, 0.1) is 13.1 Å². The third-order valence-electron chi connectivity index (χ3n) is 8.60. The number of nitrogens with one attached hydrogen (secondary N) is 1. The Hall–Kier alpha value is -3.64. The standard InChI is InChI=1S/C32H48N8O4/c1-7-25-30(43-24-19-40(20-24)31(42)44-32(3,4)5)36-29(27(35-25)28(33)41)34-22-8-9-26(21(2)18-22)39-12-10-23(11-13-39)38-16-14-37(6)15-17-38/h8-9,18,23-24H,7,10-17,19-20H2,1-6H3,(H2,33,41)(H,34,36). The van der Waals surface area contributed by atoms with E-state index in [-0.39, 0.29) is 23.7 Å². The number of carbonyl (C=O) groups is 2. The summed E-state index contributed by atoms with van der Waals surface area (Å²) in [5.74, 6) is -0.101. The summed E-state index contributed by atoms with van der Waals surface area (Å²) >= 11 is 0. The molecule has 3 aliphatic rings. The molecule has 1 aromatic carbocycles. The highest BCUT2D eigenvalue weighted by molar-refractivity contribution is 5.96. The fraction of sp³-hybridized carbons (Fsp3) is 0.625. The number of nitrogens with two attached hydrogens (primary N) is 1. The second-order valence-electron chi connectivity index (χ2n) is 13.2. The van der Waals surface area contributed by atoms with E-state index in [4.69, 9.17) is 15.2 Å². The molecule has 5 rings (SSSR count). The Morgan fingerprint density at radius 2 is 1.73 bits per heavy atom. The van der Waals surface area contributed by atoms with Gasteiger partial charge < -0.3 is 35.2 Å². The van der Waals surface area contributed by atoms with Crippen molar-refractivity contribution in [1.29, 1.82) is 0 Å². The number of nitrogens with zero attached hydrogens (tertiary/aromatic N) is 6. The number of carbonyl (C=O) groups excluding carboxylic acids is 2. The van der Waals surface area contributed by atoms with Gasteiger partial charge in [0.2, 0.25) is 5.88 Å². The number of likely N-dealkylation sites (tertiary alicyclic amines) is 1. The number of primary amides is 1. The minimum Gasteiger partial charge on any atom is -0.469 e. The summed E-state index contributed by atoms with van der Waals surface area (Å²) in [7, 11) is 2.20. The predicted octanol–water partition coefficient (Wildman–Crippen LogP) is 3.40. The summed E-state index contributed by atoms with van der Waals surface area (Å²) in [6, 6.07) is 6.85. The zero-order valence-corrected chi connectivity index (χ0v) is 27.1. The van der Waals surface area contributed by atoms with Crippen LogP contribution in [0.5, 0.6) is 5.88 Å². The first-order valence-corrected chi connectivity index (χ1v) is 15.8. The van der Waals surface area contributed by atoms with Gasteiger partial charge >= 0.3 is 6.09 Å². The molecular weight excluding hydrogens is 560 g/mol. The number of likely N-dealkylation sites (N-methyl/N-ethyl adjacent to an activating group) is 1. The molecule has 0 spiro atoms. The Morgan fingerprint density at radius 1 is 1.05 bits per heavy atom. The predicted molar refractivity (Wildman–Crippen MR) is 171 cm³/mol. The molecular formula is C32H48N8O4. The maximum atomic E-state index is 12.4. The number of rotatable bonds is 8. The molecule has 12 nitrogen and oxygen atoms in total. The van der Waals surface area contributed by atoms with E-state index in [1.807, 2.05) is 33.8 Å². The van der Waals surface area contributed by atoms with E-state index in [9.17, 15) is 9.59 Å². The lowest BCUT2D eigenvalue weighted by Gasteiger charge is -2.43. The molecule has 0 radical (unpaired) electrons. The van der Waals surface area contributed by atoms with Gasteiger partial charge in [0.25, 0.3) is 5.91 Å². The summed E-state index contributed by atoms with van der Waals surface area (Å²) < 4.78 is 11.6. The van der Waals surface area contributed by atoms with Crippen LogP contribution >= 0.6 is 0 Å². The number of hydrogen-bond acceptors (Lipinski definition) is 10. The van der Waals surface area contributed by atoms with Crippen LogP contribution in [-0.2, 0) is 11.2 Å². The lowest BCUT2D eigenvalue weighted by atomic mass is 10.0. The van der Waals surface area contributed by atoms with Gasteiger partial charge in [0.1, 0.15) is 17.4 Å². The molecule has 3 N–H and O–H groups in total. The van der Waals surface area contributed by atoms with Crippen molar-refractivity contribution >= 4 is 29.2 Å². The molecule has 0 atom stereocenters. The number of ether oxygens (including phenoxy) is 2. The molecule has 2 amide bonds. The zero-order chi connectivity index (χ0) is 31.6. The van der Waals surface area contributed by atoms with E-state index < -0.39 is 11.5 Å². The average molecular weight is 609 g/mol. The van der Waals surface area contributed by atoms with E-state index in [1.54, 1.807) is 4.90 Å². The summed E-state index contributed by atoms with van der Waals surface area (Å²) in [6.07, 6.45) is 2.22. The van der Waals surface area contributed by atoms with Crippen LogP contribution < -0.4 is 20.7 Å². The van der Waals surface area contributed by atoms with E-state index in [0.717, 1.165) is 50.5 Å². The number of amides is 2. The van der Waals surface area contributed by atoms with E-state index in [2.05, 4.69) is 56.1 Å². The molecule has 0 saturated carbocycles. The van der Waals surface area contributed by atoms with Crippen molar-refractivity contribution in [3.8, 4) is 5.88 Å². The molecule has 4 heterocycles. The minimum absolute atomic E-state index is 0.0610. The van der Waals surface area contributed by atoms with Crippen LogP contribution in [0.3, 0.4) is 0 Å². The van der Waals surface area contributed by atoms with E-state index >= 15 is 0 Å². The molecule has 0 aliphatic carbocycles. The highest BCUT2D eigenvalue weighted by Gasteiger charge is 2.36. The third-order valence-corrected chi connectivity index (χ3v) is 8.60. The summed E-state index contributed by atoms with van der Waals surface area (Å²) in [4.78, 5) is 43.0. The van der Waals surface area contributed by atoms with Gasteiger partial charge in [-0.2, -0.15) is 4.98 Å². The number of piperidine rings is 1. The molecule has 0 unspecified atom stereocenters. The van der Waals surface area contributed by atoms with Crippen LogP contribution in [0.2, 0.25) is 0 Å². The van der Waals surface area contributed by atoms with Crippen molar-refractivity contribution in [2.24, 2.45) is 5.73 Å². The van der Waals surface area contributed by atoms with Gasteiger partial charge in [-0.3, -0.25) is 9.69 Å². The first-order chi connectivity index (χ1) is 20.9. The van der Waals surface area contributed by atoms with Crippen molar-refractivity contribution in [3.63, 3.8) is 0 Å². The molecule has 1 aromatic heterocycles. The van der Waals surface area contributed by atoms with Crippen LogP contribution in [-0.4, -0.2) is 114 Å². The molecule has 12 heteroatoms. The number of aromatic nitrogens is 2. The summed E-state index contributed by atoms with van der Waals surface area (Å²) in [6.45, 7) is 17.0. The summed E-state index contributed by atoms with van der Waals surface area (Å²) in [5, 5.41) is 3.26. The van der Waals surface area contributed by atoms with Crippen molar-refractivity contribution in [2.75, 3.05) is 69.6 Å². The molecule has 3 saturated heterocycles. The normalized spacial score (nSPS) is 19.0. The SMILES string of the molecule is CCc1nc(C(N)=O)c(Nc2ccc(N3CCC(N4CCN(C)CC4)CC3)c(C)c2)nc1OC1CN(C(=O)OC(C)(C)C)C1. The van der Waals surface area contributed by atoms with Gasteiger partial charge in [0, 0.05) is 56.7 Å². The number of aryl methyl sites for hydroxylation is 2. The first-order valence-electron chi connectivity index (χ1n) is 15.8. The van der Waals surface area contributed by atoms with Crippen LogP contribution in [0.25, 0.3) is 0 Å². The number of benzene rings is 1. The number of anilines is 3. The van der Waals surface area contributed by atoms with Crippen molar-refractivity contribution in [3.05, 3.63) is 35.2 Å². The monoisotopic (exact) mass is 608 g/mol. The van der Waals surface area contributed by atoms with E-state index in [0.29, 0.717) is 37.1 Å². The number of piperazine rings is 1. The molecule has 44 heavy (non-hydrogen) atoms. The van der Waals surface area contributed by atoms with Gasteiger partial charge in [-0.15, -0.1) is 0 Å². The maximum Gasteiger partial charge on any atom is 0.410 e. The molecule has 3 aliphatic heterocycles. The zero-order valence-electron chi connectivity index (χ0n) is 27.1. The van der Waals surface area contributed by atoms with Gasteiger partial charge in [0.15, 0.2) is 11.5 Å². The Labute approximate surface area is 260 Å². The summed E-state index contributed by atoms with van der Waals surface area (Å²) in [5.41, 5.74) is 8.89. The van der Waals surface area contributed by atoms with Gasteiger partial charge in [-0.1, -0.05) is 6.92 Å². The van der Waals surface area contributed by atoms with Crippen LogP contribution in [0.15, 0.2) is 18.2 Å². The second kappa shape index (κ2) is 13.2. The van der Waals surface area contributed by atoms with Crippen molar-refractivity contribution < 1.29 is 19.1 Å². The largest absolute Gasteiger partial charge is 0.469 e. The Bertz CT molecular complexity index is 1340. The average Bonchev–Trinajstić information content (AvgIpc) is 2.94. The fourth-order valence-electron chi connectivity index (χ4n) is 6.07. The maximum absolute atomic E-state index is 12.4. The van der Waals surface area contributed by atoms with E-state index in [1.165, 1.54) is 18.5 Å². The van der Waals surface area contributed by atoms with Gasteiger partial charge in [-0.05, 0) is 77.8 Å². The topological polar surface area (TPSA) is 129 Å². The number of hydrogen-bond donors (Lipinski definition) is 2. The van der Waals surface area contributed by atoms with Crippen LogP contribution in [0, 0.1) is 6.92 Å². The quantitative estimate of drug-likeness (QED) is 0.460. The highest BCUT2D eigenvalue weighted by atomic mass is 16.6.